The normalized spacial score (nSPS) is 9.55. The van der Waals surface area contributed by atoms with Crippen LogP contribution in [0.15, 0.2) is 136 Å². The van der Waals surface area contributed by atoms with Crippen LogP contribution < -0.4 is 23.6 Å². The molecule has 0 atom stereocenters. The SMILES string of the molecule is CC.CC.CC.CC.CC(C)OB(OC(C)C)OC(C)C.CCOC(CBr)OCC.CCOC(CSc1ccccc1)OCC.OB(O)c1cc2ccccc2s1.Sc1ccccc1.[CH2-]CCC.[Li+].c1ccc2sccc2c1. The molecular weight excluding hydrogens is 1110 g/mol. The molecular formula is C61H104B2BrLiO9S4. The number of halogens is 1. The number of hydrogen-bond donors (Lipinski definition) is 3. The molecule has 78 heavy (non-hydrogen) atoms. The van der Waals surface area contributed by atoms with Crippen molar-refractivity contribution >= 4 is 102 Å². The molecule has 2 heterocycles. The molecule has 0 unspecified atom stereocenters. The van der Waals surface area contributed by atoms with Crippen LogP contribution in [-0.2, 0) is 32.9 Å². The second kappa shape index (κ2) is 66.2. The number of unbranched alkanes of at least 4 members (excludes halogenated alkanes) is 1. The molecule has 0 saturated heterocycles. The fourth-order valence-electron chi connectivity index (χ4n) is 4.93. The predicted molar refractivity (Wildman–Crippen MR) is 352 cm³/mol. The number of hydrogen-bond acceptors (Lipinski definition) is 13. The molecule has 4 aromatic carbocycles. The van der Waals surface area contributed by atoms with Crippen molar-refractivity contribution in [3.8, 4) is 0 Å². The van der Waals surface area contributed by atoms with E-state index in [1.807, 2.05) is 197 Å². The molecule has 0 saturated carbocycles. The average Bonchev–Trinajstić information content (AvgIpc) is 4.12. The molecule has 0 aliphatic carbocycles. The maximum absolute atomic E-state index is 8.89. The molecule has 6 aromatic rings. The van der Waals surface area contributed by atoms with Gasteiger partial charge in [-0.05, 0) is 134 Å². The van der Waals surface area contributed by atoms with Crippen LogP contribution in [0.5, 0.6) is 0 Å². The maximum Gasteiger partial charge on any atom is 1.00 e. The first-order valence-corrected chi connectivity index (χ1v) is 31.9. The summed E-state index contributed by atoms with van der Waals surface area (Å²) in [6, 6.07) is 40.2. The van der Waals surface area contributed by atoms with Gasteiger partial charge in [0.1, 0.15) is 0 Å². The van der Waals surface area contributed by atoms with Crippen molar-refractivity contribution in [3.05, 3.63) is 134 Å². The predicted octanol–water partition coefficient (Wildman–Crippen LogP) is 15.4. The number of benzene rings is 4. The molecule has 0 spiro atoms. The van der Waals surface area contributed by atoms with Gasteiger partial charge in [0.25, 0.3) is 0 Å². The first-order chi connectivity index (χ1) is 37.2. The van der Waals surface area contributed by atoms with Crippen LogP contribution in [-0.4, -0.2) is 92.9 Å². The van der Waals surface area contributed by atoms with E-state index in [2.05, 4.69) is 90.3 Å². The summed E-state index contributed by atoms with van der Waals surface area (Å²) in [4.78, 5) is 2.27. The molecule has 9 nitrogen and oxygen atoms in total. The first kappa shape index (κ1) is 87.6. The van der Waals surface area contributed by atoms with Gasteiger partial charge in [-0.2, -0.15) is 6.42 Å². The molecule has 440 valence electrons. The molecule has 0 aliphatic heterocycles. The maximum atomic E-state index is 8.89. The number of rotatable bonds is 20. The van der Waals surface area contributed by atoms with E-state index in [0.717, 1.165) is 32.5 Å². The van der Waals surface area contributed by atoms with Gasteiger partial charge < -0.3 is 49.9 Å². The fourth-order valence-corrected chi connectivity index (χ4v) is 8.08. The van der Waals surface area contributed by atoms with Crippen molar-refractivity contribution < 1.29 is 61.8 Å². The van der Waals surface area contributed by atoms with Crippen molar-refractivity contribution in [2.75, 3.05) is 37.5 Å². The Balaban J connectivity index is -0.000000193. The Bertz CT molecular complexity index is 1920. The third kappa shape index (κ3) is 53.6. The smallest absolute Gasteiger partial charge is 0.423 e. The number of ether oxygens (including phenoxy) is 4. The van der Waals surface area contributed by atoms with E-state index in [4.69, 9.17) is 43.0 Å². The Morgan fingerprint density at radius 3 is 1.29 bits per heavy atom. The second-order valence-electron chi connectivity index (χ2n) is 15.0. The zero-order chi connectivity index (χ0) is 59.7. The quantitative estimate of drug-likeness (QED) is 0.0171. The van der Waals surface area contributed by atoms with Gasteiger partial charge in [0.2, 0.25) is 0 Å². The minimum absolute atomic E-state index is 0. The number of thioether (sulfide) groups is 1. The Kier molecular flexibility index (Phi) is 74.3. The molecule has 0 radical (unpaired) electrons. The van der Waals surface area contributed by atoms with E-state index in [1.54, 1.807) is 29.2 Å². The van der Waals surface area contributed by atoms with E-state index in [-0.39, 0.29) is 49.8 Å². The van der Waals surface area contributed by atoms with Gasteiger partial charge in [-0.25, -0.2) is 0 Å². The van der Waals surface area contributed by atoms with Gasteiger partial charge in [0.05, 0.1) is 5.33 Å². The van der Waals surface area contributed by atoms with Crippen LogP contribution >= 0.6 is 63.0 Å². The summed E-state index contributed by atoms with van der Waals surface area (Å²) in [6.07, 6.45) is 2.46. The fraction of sp³-hybridized carbons (Fsp3) is 0.525. The zero-order valence-corrected chi connectivity index (χ0v) is 56.8. The van der Waals surface area contributed by atoms with Crippen molar-refractivity contribution in [1.82, 2.24) is 0 Å². The zero-order valence-electron chi connectivity index (χ0n) is 51.8. The number of thiol groups is 1. The summed E-state index contributed by atoms with van der Waals surface area (Å²) in [6.45, 7) is 44.1. The van der Waals surface area contributed by atoms with Gasteiger partial charge in [-0.3, -0.25) is 0 Å². The van der Waals surface area contributed by atoms with Crippen LogP contribution in [0.2, 0.25) is 0 Å². The van der Waals surface area contributed by atoms with E-state index in [1.165, 1.54) is 32.7 Å². The Morgan fingerprint density at radius 2 is 0.949 bits per heavy atom. The Hall–Kier alpha value is -1.65. The van der Waals surface area contributed by atoms with Crippen LogP contribution in [0.3, 0.4) is 0 Å². The van der Waals surface area contributed by atoms with Gasteiger partial charge >= 0.3 is 33.3 Å². The Morgan fingerprint density at radius 1 is 0.564 bits per heavy atom. The summed E-state index contributed by atoms with van der Waals surface area (Å²) in [5.74, 6) is 0.839. The molecule has 0 bridgehead atoms. The second-order valence-corrected chi connectivity index (χ2v) is 19.3. The van der Waals surface area contributed by atoms with Gasteiger partial charge in [-0.15, -0.1) is 47.1 Å². The number of thiophene rings is 2. The van der Waals surface area contributed by atoms with Crippen molar-refractivity contribution in [3.63, 3.8) is 0 Å². The minimum atomic E-state index is -1.35. The van der Waals surface area contributed by atoms with Crippen molar-refractivity contribution in [2.45, 2.75) is 185 Å². The molecule has 2 N–H and O–H groups in total. The molecule has 6 rings (SSSR count). The van der Waals surface area contributed by atoms with Crippen molar-refractivity contribution in [1.29, 1.82) is 0 Å². The van der Waals surface area contributed by atoms with Crippen molar-refractivity contribution in [2.24, 2.45) is 0 Å². The summed E-state index contributed by atoms with van der Waals surface area (Å²) in [7, 11) is -1.89. The van der Waals surface area contributed by atoms with Gasteiger partial charge in [-0.1, -0.05) is 157 Å². The monoisotopic (exact) mass is 1220 g/mol. The summed E-state index contributed by atoms with van der Waals surface area (Å²) >= 11 is 12.3. The van der Waals surface area contributed by atoms with E-state index in [0.29, 0.717) is 31.2 Å². The standard InChI is InChI=1S/C12H18O2S.C9H21BO3.C8H7BO2S.C8H6S.C6H13BrO2.C6H6S.C4H9.4C2H6.Li/c1-3-13-12(14-4-2)10-15-11-8-6-5-7-9-11;1-7(2)11-10(12-8(3)4)13-9(5)6;10-9(11)8-5-6-3-1-2-4-7(6)12-8;1-2-4-8-7(3-1)5-6-9-8;1-3-8-6(5-7)9-4-2;7-6-4-2-1-3-5-6;1-3-4-2;4*1-2;/h5-9,12H,3-4,10H2,1-2H3;7-9H,1-6H3;1-5,10-11H;1-6H;6H,3-5H2,1-2H3;1-5,7H;1,3-4H2,2H3;4*1-2H3;/q;;;;;;-1;;;;;+1. The molecule has 0 amide bonds. The summed E-state index contributed by atoms with van der Waals surface area (Å²) in [5.41, 5.74) is 0. The number of fused-ring (bicyclic) bond motifs is 2. The summed E-state index contributed by atoms with van der Waals surface area (Å²) < 4.78 is 40.6. The minimum Gasteiger partial charge on any atom is -0.423 e. The number of alkyl halides is 1. The largest absolute Gasteiger partial charge is 1.00 e. The molecule has 2 aromatic heterocycles. The van der Waals surface area contributed by atoms with Crippen LogP contribution in [0.1, 0.15) is 144 Å². The summed E-state index contributed by atoms with van der Waals surface area (Å²) in [5, 5.41) is 23.1. The van der Waals surface area contributed by atoms with E-state index in [9.17, 15) is 0 Å². The van der Waals surface area contributed by atoms with Crippen LogP contribution in [0.25, 0.3) is 20.2 Å². The molecule has 0 fully saturated rings. The third-order valence-electron chi connectivity index (χ3n) is 7.99. The topological polar surface area (TPSA) is 105 Å². The average molecular weight is 1220 g/mol. The first-order valence-electron chi connectivity index (χ1n) is 27.6. The Labute approximate surface area is 516 Å². The van der Waals surface area contributed by atoms with Gasteiger partial charge in [0.15, 0.2) is 12.6 Å². The third-order valence-corrected chi connectivity index (χ3v) is 11.9. The molecule has 0 aliphatic rings. The van der Waals surface area contributed by atoms with E-state index < -0.39 is 14.4 Å². The molecule has 17 heteroatoms. The van der Waals surface area contributed by atoms with Crippen LogP contribution in [0.4, 0.5) is 0 Å². The van der Waals surface area contributed by atoms with Crippen LogP contribution in [0, 0.1) is 6.92 Å². The van der Waals surface area contributed by atoms with E-state index >= 15 is 0 Å². The van der Waals surface area contributed by atoms with Gasteiger partial charge in [0, 0.05) is 74.5 Å².